The van der Waals surface area contributed by atoms with E-state index >= 15 is 0 Å². The van der Waals surface area contributed by atoms with Gasteiger partial charge in [0.25, 0.3) is 0 Å². The van der Waals surface area contributed by atoms with Gasteiger partial charge in [-0.2, -0.15) is 0 Å². The fourth-order valence-electron chi connectivity index (χ4n) is 6.89. The van der Waals surface area contributed by atoms with Gasteiger partial charge in [-0.15, -0.1) is 0 Å². The van der Waals surface area contributed by atoms with Crippen molar-refractivity contribution < 1.29 is 37.3 Å². The van der Waals surface area contributed by atoms with Gasteiger partial charge in [0.2, 0.25) is 22.4 Å². The summed E-state index contributed by atoms with van der Waals surface area (Å²) in [4.78, 5) is 28.8. The Morgan fingerprint density at radius 1 is 0.500 bits per heavy atom. The zero-order valence-electron chi connectivity index (χ0n) is 31.0. The highest BCUT2D eigenvalue weighted by Gasteiger charge is 2.30. The third-order valence-electron chi connectivity index (χ3n) is 8.86. The molecular formula is C40H46O10. The van der Waals surface area contributed by atoms with Gasteiger partial charge in [0.05, 0.1) is 53.8 Å². The van der Waals surface area contributed by atoms with E-state index in [0.29, 0.717) is 80.8 Å². The first-order valence-electron chi connectivity index (χ1n) is 16.6. The van der Waals surface area contributed by atoms with Gasteiger partial charge in [0, 0.05) is 11.1 Å². The van der Waals surface area contributed by atoms with Crippen LogP contribution in [-0.2, 0) is 12.8 Å². The summed E-state index contributed by atoms with van der Waals surface area (Å²) in [7, 11) is 9.10. The summed E-state index contributed by atoms with van der Waals surface area (Å²) in [6.07, 6.45) is 1.18. The Kier molecular flexibility index (Phi) is 10.4. The average molecular weight is 687 g/mol. The molecule has 0 aliphatic rings. The fourth-order valence-corrected chi connectivity index (χ4v) is 6.89. The van der Waals surface area contributed by atoms with Crippen LogP contribution in [0.4, 0.5) is 0 Å². The number of methoxy groups -OCH3 is 6. The van der Waals surface area contributed by atoms with E-state index in [9.17, 15) is 9.59 Å². The van der Waals surface area contributed by atoms with Gasteiger partial charge in [0.15, 0.2) is 23.0 Å². The summed E-state index contributed by atoms with van der Waals surface area (Å²) in [5.41, 5.74) is 3.66. The van der Waals surface area contributed by atoms with Gasteiger partial charge in [-0.1, -0.05) is 52.0 Å². The zero-order valence-corrected chi connectivity index (χ0v) is 31.0. The molecule has 0 aliphatic carbocycles. The Morgan fingerprint density at radius 3 is 1.06 bits per heavy atom. The van der Waals surface area contributed by atoms with Gasteiger partial charge < -0.3 is 37.3 Å². The van der Waals surface area contributed by atoms with Crippen molar-refractivity contribution in [2.75, 3.05) is 42.7 Å². The molecule has 266 valence electrons. The van der Waals surface area contributed by atoms with Crippen molar-refractivity contribution in [3.8, 4) is 56.8 Å². The Balaban J connectivity index is 1.75. The first-order valence-corrected chi connectivity index (χ1v) is 16.6. The van der Waals surface area contributed by atoms with E-state index in [-0.39, 0.29) is 45.0 Å². The topological polar surface area (TPSA) is 116 Å². The van der Waals surface area contributed by atoms with Crippen LogP contribution in [0.2, 0.25) is 0 Å². The SMILES string of the molecule is COc1c(OC)c(OC)c2c(=O)c(-c3ccc(-c4c(C)oc5c(CC(C)C)c(OC)c(OC)c(OC)c5c4=O)cc3)c(C)oc2c1CC(C)C. The largest absolute Gasteiger partial charge is 0.492 e. The minimum Gasteiger partial charge on any atom is -0.492 e. The second kappa shape index (κ2) is 14.4. The molecule has 10 heteroatoms. The molecule has 0 saturated carbocycles. The Labute approximate surface area is 291 Å². The van der Waals surface area contributed by atoms with Crippen molar-refractivity contribution >= 4 is 21.9 Å². The highest BCUT2D eigenvalue weighted by molar-refractivity contribution is 5.96. The number of ether oxygens (including phenoxy) is 6. The first-order chi connectivity index (χ1) is 23.9. The van der Waals surface area contributed by atoms with Crippen molar-refractivity contribution in [1.82, 2.24) is 0 Å². The third-order valence-corrected chi connectivity index (χ3v) is 8.86. The summed E-state index contributed by atoms with van der Waals surface area (Å²) in [6.45, 7) is 11.8. The van der Waals surface area contributed by atoms with E-state index in [4.69, 9.17) is 37.3 Å². The lowest BCUT2D eigenvalue weighted by molar-refractivity contribution is 0.323. The molecule has 0 spiro atoms. The third kappa shape index (κ3) is 5.90. The van der Waals surface area contributed by atoms with Crippen LogP contribution in [0, 0.1) is 25.7 Å². The molecule has 0 fully saturated rings. The Hall–Kier alpha value is -5.12. The molecule has 0 atom stereocenters. The highest BCUT2D eigenvalue weighted by Crippen LogP contribution is 2.49. The number of hydrogen-bond donors (Lipinski definition) is 0. The molecule has 0 saturated heterocycles. The molecule has 0 radical (unpaired) electrons. The van der Waals surface area contributed by atoms with Crippen LogP contribution >= 0.6 is 0 Å². The number of hydrogen-bond acceptors (Lipinski definition) is 10. The molecule has 0 amide bonds. The van der Waals surface area contributed by atoms with Crippen LogP contribution in [-0.4, -0.2) is 42.7 Å². The molecule has 0 N–H and O–H groups in total. The van der Waals surface area contributed by atoms with Gasteiger partial charge in [-0.05, 0) is 49.7 Å². The molecule has 0 unspecified atom stereocenters. The highest BCUT2D eigenvalue weighted by atomic mass is 16.5. The van der Waals surface area contributed by atoms with Crippen LogP contribution in [0.5, 0.6) is 34.5 Å². The van der Waals surface area contributed by atoms with Crippen molar-refractivity contribution in [3.05, 3.63) is 67.4 Å². The predicted molar refractivity (Wildman–Crippen MR) is 195 cm³/mol. The van der Waals surface area contributed by atoms with E-state index in [1.54, 1.807) is 52.3 Å². The van der Waals surface area contributed by atoms with Gasteiger partial charge in [-0.3, -0.25) is 9.59 Å². The van der Waals surface area contributed by atoms with Crippen LogP contribution in [0.15, 0.2) is 42.7 Å². The molecule has 0 aliphatic heterocycles. The molecule has 5 rings (SSSR count). The second-order valence-electron chi connectivity index (χ2n) is 13.1. The van der Waals surface area contributed by atoms with Gasteiger partial charge >= 0.3 is 0 Å². The van der Waals surface area contributed by atoms with Gasteiger partial charge in [-0.25, -0.2) is 0 Å². The van der Waals surface area contributed by atoms with Gasteiger partial charge in [0.1, 0.15) is 33.5 Å². The number of benzene rings is 3. The monoisotopic (exact) mass is 686 g/mol. The fraction of sp³-hybridized carbons (Fsp3) is 0.400. The van der Waals surface area contributed by atoms with Crippen molar-refractivity contribution in [2.24, 2.45) is 11.8 Å². The van der Waals surface area contributed by atoms with E-state index in [1.807, 2.05) is 0 Å². The smallest absolute Gasteiger partial charge is 0.204 e. The molecule has 3 aromatic carbocycles. The summed E-state index contributed by atoms with van der Waals surface area (Å²) in [6, 6.07) is 7.17. The number of rotatable bonds is 12. The van der Waals surface area contributed by atoms with E-state index in [2.05, 4.69) is 27.7 Å². The lowest BCUT2D eigenvalue weighted by Crippen LogP contribution is -2.13. The van der Waals surface area contributed by atoms with Crippen LogP contribution < -0.4 is 39.3 Å². The Morgan fingerprint density at radius 2 is 0.800 bits per heavy atom. The molecule has 0 bridgehead atoms. The quantitative estimate of drug-likeness (QED) is 0.127. The number of aryl methyl sites for hydroxylation is 2. The first kappa shape index (κ1) is 36.2. The lowest BCUT2D eigenvalue weighted by atomic mass is 9.94. The van der Waals surface area contributed by atoms with E-state index in [0.717, 1.165) is 11.1 Å². The molecule has 10 nitrogen and oxygen atoms in total. The van der Waals surface area contributed by atoms with Crippen LogP contribution in [0.3, 0.4) is 0 Å². The van der Waals surface area contributed by atoms with E-state index in [1.165, 1.54) is 28.4 Å². The average Bonchev–Trinajstić information content (AvgIpc) is 3.08. The normalized spacial score (nSPS) is 11.5. The maximum absolute atomic E-state index is 14.4. The molecule has 50 heavy (non-hydrogen) atoms. The molecular weight excluding hydrogens is 640 g/mol. The Bertz CT molecular complexity index is 2030. The van der Waals surface area contributed by atoms with E-state index < -0.39 is 0 Å². The maximum Gasteiger partial charge on any atom is 0.204 e. The van der Waals surface area contributed by atoms with Crippen molar-refractivity contribution in [3.63, 3.8) is 0 Å². The molecule has 2 aromatic heterocycles. The summed E-state index contributed by atoms with van der Waals surface area (Å²) >= 11 is 0. The second-order valence-corrected chi connectivity index (χ2v) is 13.1. The van der Waals surface area contributed by atoms with Crippen molar-refractivity contribution in [1.29, 1.82) is 0 Å². The summed E-state index contributed by atoms with van der Waals surface area (Å²) < 4.78 is 47.3. The van der Waals surface area contributed by atoms with Crippen molar-refractivity contribution in [2.45, 2.75) is 54.4 Å². The number of fused-ring (bicyclic) bond motifs is 2. The minimum absolute atomic E-state index is 0.237. The van der Waals surface area contributed by atoms with Crippen LogP contribution in [0.25, 0.3) is 44.2 Å². The predicted octanol–water partition coefficient (Wildman–Crippen LogP) is 8.30. The van der Waals surface area contributed by atoms with Crippen LogP contribution in [0.1, 0.15) is 50.3 Å². The standard InChI is InChI=1S/C40H46O10/c1-19(2)17-25-33-29(37(45-9)39(47-11)35(25)43-7)31(41)27(21(5)49-33)23-13-15-24(16-14-23)28-22(6)50-34-26(18-20(3)4)36(44-8)40(48-12)38(46-10)30(34)32(28)42/h13-16,19-20H,17-18H2,1-12H3. The molecule has 2 heterocycles. The summed E-state index contributed by atoms with van der Waals surface area (Å²) in [5, 5.41) is 0.537. The summed E-state index contributed by atoms with van der Waals surface area (Å²) in [5.74, 6) is 3.41. The zero-order chi connectivity index (χ0) is 36.6. The molecule has 5 aromatic rings. The lowest BCUT2D eigenvalue weighted by Gasteiger charge is -2.20. The maximum atomic E-state index is 14.4. The minimum atomic E-state index is -0.274.